The molecular weight excluding hydrogens is 245 g/mol. The first kappa shape index (κ1) is 13.8. The smallest absolute Gasteiger partial charge is 0.170 e. The molecule has 1 unspecified atom stereocenters. The maximum absolute atomic E-state index is 13.3. The minimum absolute atomic E-state index is 0.0401. The number of rotatable bonds is 4. The lowest BCUT2D eigenvalue weighted by Crippen LogP contribution is -2.29. The minimum Gasteiger partial charge on any atom is -0.409 e. The van der Waals surface area contributed by atoms with Crippen LogP contribution in [0, 0.1) is 5.82 Å². The predicted octanol–water partition coefficient (Wildman–Crippen LogP) is 2.29. The third-order valence-corrected chi connectivity index (χ3v) is 3.80. The maximum Gasteiger partial charge on any atom is 0.170 e. The molecule has 1 fully saturated rings. The Bertz CT molecular complexity index is 476. The zero-order chi connectivity index (χ0) is 13.8. The van der Waals surface area contributed by atoms with Gasteiger partial charge in [0.05, 0.1) is 0 Å². The van der Waals surface area contributed by atoms with E-state index in [1.165, 1.54) is 25.0 Å². The fourth-order valence-corrected chi connectivity index (χ4v) is 2.76. The van der Waals surface area contributed by atoms with Crippen molar-refractivity contribution in [2.45, 2.75) is 38.8 Å². The molecule has 4 nitrogen and oxygen atoms in total. The van der Waals surface area contributed by atoms with E-state index >= 15 is 0 Å². The minimum atomic E-state index is -0.376. The maximum atomic E-state index is 13.3. The number of halogens is 1. The molecular formula is C14H20FN3O. The summed E-state index contributed by atoms with van der Waals surface area (Å²) >= 11 is 0. The first-order chi connectivity index (χ1) is 9.15. The Labute approximate surface area is 112 Å². The summed E-state index contributed by atoms with van der Waals surface area (Å²) in [6.45, 7) is 3.94. The molecule has 3 N–H and O–H groups in total. The van der Waals surface area contributed by atoms with Crippen molar-refractivity contribution in [1.29, 1.82) is 0 Å². The van der Waals surface area contributed by atoms with Gasteiger partial charge in [-0.25, -0.2) is 4.39 Å². The Morgan fingerprint density at radius 2 is 2.37 bits per heavy atom. The number of oxime groups is 1. The largest absolute Gasteiger partial charge is 0.409 e. The molecule has 0 amide bonds. The van der Waals surface area contributed by atoms with Crippen LogP contribution >= 0.6 is 0 Å². The zero-order valence-electron chi connectivity index (χ0n) is 11.1. The molecule has 19 heavy (non-hydrogen) atoms. The topological polar surface area (TPSA) is 61.8 Å². The van der Waals surface area contributed by atoms with Gasteiger partial charge in [-0.1, -0.05) is 18.1 Å². The molecule has 1 atom stereocenters. The van der Waals surface area contributed by atoms with Gasteiger partial charge in [0.25, 0.3) is 0 Å². The highest BCUT2D eigenvalue weighted by Gasteiger charge is 2.23. The van der Waals surface area contributed by atoms with Crippen molar-refractivity contribution < 1.29 is 9.60 Å². The fraction of sp³-hybridized carbons (Fsp3) is 0.500. The molecule has 0 aliphatic carbocycles. The Kier molecular flexibility index (Phi) is 4.37. The molecule has 0 spiro atoms. The monoisotopic (exact) mass is 265 g/mol. The van der Waals surface area contributed by atoms with Crippen molar-refractivity contribution in [1.82, 2.24) is 4.90 Å². The standard InChI is InChI=1S/C14H20FN3O/c1-2-12-4-3-7-18(12)9-10-5-6-11(15)8-13(10)14(16)17-19/h5-6,8,12,19H,2-4,7,9H2,1H3,(H2,16,17). The molecule has 1 aromatic carbocycles. The van der Waals surface area contributed by atoms with Gasteiger partial charge in [-0.3, -0.25) is 4.90 Å². The third-order valence-electron chi connectivity index (χ3n) is 3.80. The molecule has 1 saturated heterocycles. The van der Waals surface area contributed by atoms with E-state index in [2.05, 4.69) is 17.0 Å². The Hall–Kier alpha value is -1.62. The van der Waals surface area contributed by atoms with Crippen molar-refractivity contribution in [3.8, 4) is 0 Å². The molecule has 1 aliphatic rings. The van der Waals surface area contributed by atoms with Crippen LogP contribution in [0.3, 0.4) is 0 Å². The van der Waals surface area contributed by atoms with E-state index in [1.807, 2.05) is 0 Å². The highest BCUT2D eigenvalue weighted by molar-refractivity contribution is 5.98. The van der Waals surface area contributed by atoms with Crippen LogP contribution in [0.2, 0.25) is 0 Å². The Morgan fingerprint density at radius 3 is 3.05 bits per heavy atom. The van der Waals surface area contributed by atoms with Crippen LogP contribution in [-0.4, -0.2) is 28.5 Å². The second-order valence-electron chi connectivity index (χ2n) is 4.96. The average molecular weight is 265 g/mol. The van der Waals surface area contributed by atoms with Gasteiger partial charge in [-0.15, -0.1) is 0 Å². The third kappa shape index (κ3) is 3.04. The number of amidine groups is 1. The molecule has 1 aliphatic heterocycles. The number of hydrogen-bond donors (Lipinski definition) is 2. The second kappa shape index (κ2) is 6.02. The van der Waals surface area contributed by atoms with Crippen molar-refractivity contribution >= 4 is 5.84 Å². The van der Waals surface area contributed by atoms with Gasteiger partial charge >= 0.3 is 0 Å². The average Bonchev–Trinajstić information content (AvgIpc) is 2.87. The molecule has 104 valence electrons. The van der Waals surface area contributed by atoms with E-state index in [4.69, 9.17) is 10.9 Å². The van der Waals surface area contributed by atoms with Gasteiger partial charge in [-0.05, 0) is 43.5 Å². The van der Waals surface area contributed by atoms with Crippen LogP contribution in [0.25, 0.3) is 0 Å². The number of hydrogen-bond acceptors (Lipinski definition) is 3. The molecule has 0 saturated carbocycles. The second-order valence-corrected chi connectivity index (χ2v) is 4.96. The van der Waals surface area contributed by atoms with Gasteiger partial charge in [0.2, 0.25) is 0 Å². The molecule has 0 bridgehead atoms. The van der Waals surface area contributed by atoms with E-state index in [-0.39, 0.29) is 11.7 Å². The molecule has 1 heterocycles. The number of nitrogens with two attached hydrogens (primary N) is 1. The molecule has 0 aromatic heterocycles. The Balaban J connectivity index is 2.24. The quantitative estimate of drug-likeness (QED) is 0.380. The van der Waals surface area contributed by atoms with Crippen LogP contribution in [0.1, 0.15) is 37.3 Å². The van der Waals surface area contributed by atoms with Crippen LogP contribution in [0.4, 0.5) is 4.39 Å². The van der Waals surface area contributed by atoms with E-state index in [9.17, 15) is 4.39 Å². The summed E-state index contributed by atoms with van der Waals surface area (Å²) in [7, 11) is 0. The normalized spacial score (nSPS) is 20.9. The lowest BCUT2D eigenvalue weighted by molar-refractivity contribution is 0.240. The van der Waals surface area contributed by atoms with Crippen molar-refractivity contribution in [3.63, 3.8) is 0 Å². The zero-order valence-corrected chi connectivity index (χ0v) is 11.1. The summed E-state index contributed by atoms with van der Waals surface area (Å²) < 4.78 is 13.3. The number of benzene rings is 1. The van der Waals surface area contributed by atoms with E-state index in [0.717, 1.165) is 18.5 Å². The van der Waals surface area contributed by atoms with Crippen LogP contribution in [0.15, 0.2) is 23.4 Å². The Morgan fingerprint density at radius 1 is 1.58 bits per heavy atom. The molecule has 1 aromatic rings. The summed E-state index contributed by atoms with van der Waals surface area (Å²) in [5.41, 5.74) is 7.00. The first-order valence-electron chi connectivity index (χ1n) is 6.66. The van der Waals surface area contributed by atoms with E-state index in [1.54, 1.807) is 6.07 Å². The fourth-order valence-electron chi connectivity index (χ4n) is 2.76. The van der Waals surface area contributed by atoms with Gasteiger partial charge in [0, 0.05) is 18.2 Å². The highest BCUT2D eigenvalue weighted by atomic mass is 19.1. The molecule has 5 heteroatoms. The summed E-state index contributed by atoms with van der Waals surface area (Å²) in [5, 5.41) is 11.8. The van der Waals surface area contributed by atoms with E-state index < -0.39 is 0 Å². The summed E-state index contributed by atoms with van der Waals surface area (Å²) in [4.78, 5) is 2.38. The molecule has 2 rings (SSSR count). The van der Waals surface area contributed by atoms with Gasteiger partial charge in [-0.2, -0.15) is 0 Å². The van der Waals surface area contributed by atoms with Crippen LogP contribution in [-0.2, 0) is 6.54 Å². The lowest BCUT2D eigenvalue weighted by Gasteiger charge is -2.24. The summed E-state index contributed by atoms with van der Waals surface area (Å²) in [6.07, 6.45) is 3.51. The summed E-state index contributed by atoms with van der Waals surface area (Å²) in [5.74, 6) is -0.416. The summed E-state index contributed by atoms with van der Waals surface area (Å²) in [6, 6.07) is 5.03. The van der Waals surface area contributed by atoms with Gasteiger partial charge in [0.15, 0.2) is 5.84 Å². The SMILES string of the molecule is CCC1CCCN1Cc1ccc(F)cc1/C(N)=N/O. The molecule has 0 radical (unpaired) electrons. The van der Waals surface area contributed by atoms with Crippen molar-refractivity contribution in [2.24, 2.45) is 10.9 Å². The van der Waals surface area contributed by atoms with Crippen LogP contribution in [0.5, 0.6) is 0 Å². The van der Waals surface area contributed by atoms with Gasteiger partial charge < -0.3 is 10.9 Å². The highest BCUT2D eigenvalue weighted by Crippen LogP contribution is 2.23. The first-order valence-corrected chi connectivity index (χ1v) is 6.66. The lowest BCUT2D eigenvalue weighted by atomic mass is 10.0. The number of likely N-dealkylation sites (tertiary alicyclic amines) is 1. The van der Waals surface area contributed by atoms with Crippen LogP contribution < -0.4 is 5.73 Å². The van der Waals surface area contributed by atoms with E-state index in [0.29, 0.717) is 18.2 Å². The number of nitrogens with zero attached hydrogens (tertiary/aromatic N) is 2. The predicted molar refractivity (Wildman–Crippen MR) is 72.6 cm³/mol. The van der Waals surface area contributed by atoms with Crippen molar-refractivity contribution in [3.05, 3.63) is 35.1 Å². The van der Waals surface area contributed by atoms with Crippen molar-refractivity contribution in [2.75, 3.05) is 6.54 Å². The van der Waals surface area contributed by atoms with Gasteiger partial charge in [0.1, 0.15) is 5.82 Å².